The summed E-state index contributed by atoms with van der Waals surface area (Å²) in [6.45, 7) is 7.36. The summed E-state index contributed by atoms with van der Waals surface area (Å²) >= 11 is 0. The first kappa shape index (κ1) is 13.4. The molecule has 0 aromatic rings. The van der Waals surface area contributed by atoms with Gasteiger partial charge in [-0.05, 0) is 56.3 Å². The fourth-order valence-corrected chi connectivity index (χ4v) is 4.28. The molecule has 108 valence electrons. The fourth-order valence-electron chi connectivity index (χ4n) is 4.28. The van der Waals surface area contributed by atoms with Gasteiger partial charge in [0.05, 0.1) is 18.6 Å². The molecule has 2 saturated carbocycles. The second-order valence-electron chi connectivity index (χ2n) is 7.47. The molecular formula is C16H26O3. The Labute approximate surface area is 116 Å². The first-order valence-corrected chi connectivity index (χ1v) is 7.79. The zero-order valence-electron chi connectivity index (χ0n) is 12.4. The van der Waals surface area contributed by atoms with E-state index in [9.17, 15) is 4.79 Å². The van der Waals surface area contributed by atoms with Crippen LogP contribution in [-0.4, -0.2) is 24.8 Å². The predicted molar refractivity (Wildman–Crippen MR) is 72.6 cm³/mol. The van der Waals surface area contributed by atoms with Crippen molar-refractivity contribution >= 4 is 5.97 Å². The minimum absolute atomic E-state index is 0.0611. The maximum Gasteiger partial charge on any atom is 0.309 e. The Bertz CT molecular complexity index is 365. The van der Waals surface area contributed by atoms with E-state index >= 15 is 0 Å². The van der Waals surface area contributed by atoms with Crippen molar-refractivity contribution in [3.05, 3.63) is 0 Å². The molecule has 2 saturated heterocycles. The van der Waals surface area contributed by atoms with E-state index in [1.54, 1.807) is 0 Å². The summed E-state index contributed by atoms with van der Waals surface area (Å²) in [5.41, 5.74) is 0.214. The Hall–Kier alpha value is -0.570. The topological polar surface area (TPSA) is 35.5 Å². The molecule has 3 nitrogen and oxygen atoms in total. The number of rotatable bonds is 4. The highest BCUT2D eigenvalue weighted by Gasteiger charge is 2.52. The van der Waals surface area contributed by atoms with Crippen LogP contribution in [0.25, 0.3) is 0 Å². The van der Waals surface area contributed by atoms with Gasteiger partial charge >= 0.3 is 5.97 Å². The highest BCUT2D eigenvalue weighted by molar-refractivity contribution is 5.73. The van der Waals surface area contributed by atoms with E-state index in [1.807, 2.05) is 0 Å². The maximum absolute atomic E-state index is 12.0. The predicted octanol–water partition coefficient (Wildman–Crippen LogP) is 3.17. The monoisotopic (exact) mass is 266 g/mol. The molecule has 0 N–H and O–H groups in total. The lowest BCUT2D eigenvalue weighted by Gasteiger charge is -2.46. The molecule has 0 aromatic heterocycles. The lowest BCUT2D eigenvalue weighted by atomic mass is 9.59. The third-order valence-corrected chi connectivity index (χ3v) is 5.48. The van der Waals surface area contributed by atoms with E-state index in [1.165, 1.54) is 6.42 Å². The van der Waals surface area contributed by atoms with Gasteiger partial charge < -0.3 is 9.47 Å². The molecule has 4 fully saturated rings. The molecule has 2 heterocycles. The first-order chi connectivity index (χ1) is 8.97. The molecule has 5 atom stereocenters. The summed E-state index contributed by atoms with van der Waals surface area (Å²) in [7, 11) is 0. The van der Waals surface area contributed by atoms with Crippen molar-refractivity contribution in [3.8, 4) is 0 Å². The number of fused-ring (bicyclic) bond motifs is 1. The summed E-state index contributed by atoms with van der Waals surface area (Å²) < 4.78 is 11.7. The molecule has 4 aliphatic rings. The first-order valence-electron chi connectivity index (χ1n) is 7.79. The Balaban J connectivity index is 1.72. The lowest BCUT2D eigenvalue weighted by molar-refractivity contribution is -0.151. The van der Waals surface area contributed by atoms with Crippen molar-refractivity contribution in [1.82, 2.24) is 0 Å². The SMILES string of the molecule is CC(C)C(C)OCC12CC3CC(C1)OC(=O)C(C3)C2. The number of hydrogen-bond acceptors (Lipinski definition) is 3. The van der Waals surface area contributed by atoms with Crippen molar-refractivity contribution in [2.45, 2.75) is 65.1 Å². The molecular weight excluding hydrogens is 240 g/mol. The molecule has 4 bridgehead atoms. The van der Waals surface area contributed by atoms with Gasteiger partial charge in [0.25, 0.3) is 0 Å². The highest BCUT2D eigenvalue weighted by Crippen LogP contribution is 2.54. The van der Waals surface area contributed by atoms with Crippen molar-refractivity contribution in [1.29, 1.82) is 0 Å². The summed E-state index contributed by atoms with van der Waals surface area (Å²) in [5.74, 6) is 1.44. The zero-order valence-corrected chi connectivity index (χ0v) is 12.4. The average Bonchev–Trinajstić information content (AvgIpc) is 2.49. The number of ether oxygens (including phenoxy) is 2. The van der Waals surface area contributed by atoms with Crippen LogP contribution in [0.5, 0.6) is 0 Å². The van der Waals surface area contributed by atoms with Crippen LogP contribution in [0.15, 0.2) is 0 Å². The molecule has 5 unspecified atom stereocenters. The van der Waals surface area contributed by atoms with Crippen molar-refractivity contribution < 1.29 is 14.3 Å². The van der Waals surface area contributed by atoms with Crippen LogP contribution in [0.2, 0.25) is 0 Å². The summed E-state index contributed by atoms with van der Waals surface area (Å²) in [4.78, 5) is 12.0. The van der Waals surface area contributed by atoms with Crippen molar-refractivity contribution in [3.63, 3.8) is 0 Å². The van der Waals surface area contributed by atoms with Gasteiger partial charge in [0, 0.05) is 0 Å². The van der Waals surface area contributed by atoms with Crippen LogP contribution in [0.4, 0.5) is 0 Å². The Morgan fingerprint density at radius 2 is 2.05 bits per heavy atom. The van der Waals surface area contributed by atoms with E-state index in [4.69, 9.17) is 9.47 Å². The van der Waals surface area contributed by atoms with Crippen molar-refractivity contribution in [2.24, 2.45) is 23.2 Å². The molecule has 19 heavy (non-hydrogen) atoms. The van der Waals surface area contributed by atoms with Crippen LogP contribution < -0.4 is 0 Å². The van der Waals surface area contributed by atoms with Gasteiger partial charge in [0.2, 0.25) is 0 Å². The van der Waals surface area contributed by atoms with E-state index in [2.05, 4.69) is 20.8 Å². The van der Waals surface area contributed by atoms with Gasteiger partial charge in [-0.25, -0.2) is 0 Å². The largest absolute Gasteiger partial charge is 0.462 e. The van der Waals surface area contributed by atoms with E-state index in [-0.39, 0.29) is 23.4 Å². The number of esters is 1. The third-order valence-electron chi connectivity index (χ3n) is 5.48. The Kier molecular flexibility index (Phi) is 3.36. The number of carbonyl (C=O) groups is 1. The lowest BCUT2D eigenvalue weighted by Crippen LogP contribution is -2.43. The van der Waals surface area contributed by atoms with Gasteiger partial charge in [0.15, 0.2) is 0 Å². The van der Waals surface area contributed by atoms with Crippen LogP contribution in [0.3, 0.4) is 0 Å². The van der Waals surface area contributed by atoms with Gasteiger partial charge in [-0.1, -0.05) is 13.8 Å². The highest BCUT2D eigenvalue weighted by atomic mass is 16.5. The second kappa shape index (κ2) is 4.76. The maximum atomic E-state index is 12.0. The van der Waals surface area contributed by atoms with Gasteiger partial charge in [-0.15, -0.1) is 0 Å². The molecule has 0 amide bonds. The molecule has 0 spiro atoms. The smallest absolute Gasteiger partial charge is 0.309 e. The molecule has 4 rings (SSSR count). The van der Waals surface area contributed by atoms with E-state index in [0.717, 1.165) is 32.3 Å². The molecule has 3 heteroatoms. The standard InChI is InChI=1S/C16H26O3/c1-10(2)11(3)18-9-16-6-12-4-13(7-16)15(17)19-14(5-12)8-16/h10-14H,4-9H2,1-3H3. The van der Waals surface area contributed by atoms with E-state index in [0.29, 0.717) is 17.9 Å². The number of carbonyl (C=O) groups excluding carboxylic acids is 1. The van der Waals surface area contributed by atoms with Crippen LogP contribution in [0.1, 0.15) is 52.9 Å². The summed E-state index contributed by atoms with van der Waals surface area (Å²) in [6, 6.07) is 0. The summed E-state index contributed by atoms with van der Waals surface area (Å²) in [5, 5.41) is 0. The molecule has 2 aliphatic heterocycles. The normalized spacial score (nSPS) is 42.3. The Morgan fingerprint density at radius 1 is 1.26 bits per heavy atom. The zero-order chi connectivity index (χ0) is 13.6. The molecule has 2 aliphatic carbocycles. The third kappa shape index (κ3) is 2.54. The molecule has 0 radical (unpaired) electrons. The van der Waals surface area contributed by atoms with Crippen molar-refractivity contribution in [2.75, 3.05) is 6.61 Å². The average molecular weight is 266 g/mol. The minimum atomic E-state index is 0.0611. The quantitative estimate of drug-likeness (QED) is 0.733. The second-order valence-corrected chi connectivity index (χ2v) is 7.47. The fraction of sp³-hybridized carbons (Fsp3) is 0.938. The number of hydrogen-bond donors (Lipinski definition) is 0. The van der Waals surface area contributed by atoms with Gasteiger partial charge in [-0.3, -0.25) is 4.79 Å². The van der Waals surface area contributed by atoms with Gasteiger partial charge in [0.1, 0.15) is 6.10 Å². The van der Waals surface area contributed by atoms with Crippen LogP contribution in [0, 0.1) is 23.2 Å². The minimum Gasteiger partial charge on any atom is -0.462 e. The van der Waals surface area contributed by atoms with E-state index < -0.39 is 0 Å². The van der Waals surface area contributed by atoms with Gasteiger partial charge in [-0.2, -0.15) is 0 Å². The van der Waals surface area contributed by atoms with Crippen LogP contribution in [-0.2, 0) is 14.3 Å². The Morgan fingerprint density at radius 3 is 2.79 bits per heavy atom. The summed E-state index contributed by atoms with van der Waals surface area (Å²) in [6.07, 6.45) is 5.85. The van der Waals surface area contributed by atoms with Crippen LogP contribution >= 0.6 is 0 Å². The molecule has 0 aromatic carbocycles.